The molecule has 0 unspecified atom stereocenters. The standard InChI is InChI=1S/C17H22N4O/c1-3-21-13-19-20-16(21)12-18-17(22)11-14(2)9-10-15-7-5-4-6-8-15/h4-8,11,13H,3,9-10,12H2,1-2H3,(H,18,22)/b14-11-. The molecule has 0 aliphatic carbocycles. The van der Waals surface area contributed by atoms with Crippen molar-refractivity contribution in [2.75, 3.05) is 0 Å². The lowest BCUT2D eigenvalue weighted by molar-refractivity contribution is -0.116. The number of nitrogens with zero attached hydrogens (tertiary/aromatic N) is 3. The number of benzene rings is 1. The van der Waals surface area contributed by atoms with Gasteiger partial charge in [0.25, 0.3) is 0 Å². The fourth-order valence-corrected chi connectivity index (χ4v) is 2.18. The highest BCUT2D eigenvalue weighted by molar-refractivity contribution is 5.88. The van der Waals surface area contributed by atoms with Crippen molar-refractivity contribution >= 4 is 5.91 Å². The van der Waals surface area contributed by atoms with Crippen LogP contribution in [0.1, 0.15) is 31.7 Å². The lowest BCUT2D eigenvalue weighted by Gasteiger charge is -2.05. The third kappa shape index (κ3) is 4.84. The Kier molecular flexibility index (Phi) is 5.89. The number of allylic oxidation sites excluding steroid dienone is 1. The molecule has 0 aliphatic heterocycles. The molecule has 116 valence electrons. The summed E-state index contributed by atoms with van der Waals surface area (Å²) in [6, 6.07) is 10.3. The minimum Gasteiger partial charge on any atom is -0.345 e. The molecule has 1 N–H and O–H groups in total. The lowest BCUT2D eigenvalue weighted by Crippen LogP contribution is -2.23. The van der Waals surface area contributed by atoms with Crippen LogP contribution in [0.25, 0.3) is 0 Å². The molecule has 0 spiro atoms. The average Bonchev–Trinajstić information content (AvgIpc) is 2.99. The van der Waals surface area contributed by atoms with E-state index in [-0.39, 0.29) is 5.91 Å². The number of aryl methyl sites for hydroxylation is 2. The van der Waals surface area contributed by atoms with Gasteiger partial charge in [0, 0.05) is 12.6 Å². The van der Waals surface area contributed by atoms with Crippen molar-refractivity contribution in [3.63, 3.8) is 0 Å². The van der Waals surface area contributed by atoms with Gasteiger partial charge in [-0.25, -0.2) is 0 Å². The van der Waals surface area contributed by atoms with Gasteiger partial charge >= 0.3 is 0 Å². The molecule has 1 aromatic carbocycles. The molecule has 0 saturated carbocycles. The van der Waals surface area contributed by atoms with Gasteiger partial charge in [-0.15, -0.1) is 10.2 Å². The van der Waals surface area contributed by atoms with Crippen LogP contribution < -0.4 is 5.32 Å². The normalized spacial score (nSPS) is 11.5. The van der Waals surface area contributed by atoms with Crippen LogP contribution in [0, 0.1) is 0 Å². The van der Waals surface area contributed by atoms with Crippen molar-refractivity contribution in [1.29, 1.82) is 0 Å². The van der Waals surface area contributed by atoms with E-state index in [0.29, 0.717) is 6.54 Å². The van der Waals surface area contributed by atoms with E-state index in [0.717, 1.165) is 30.8 Å². The third-order valence-electron chi connectivity index (χ3n) is 3.49. The van der Waals surface area contributed by atoms with Crippen molar-refractivity contribution in [2.24, 2.45) is 0 Å². The average molecular weight is 298 g/mol. The number of rotatable bonds is 7. The highest BCUT2D eigenvalue weighted by Gasteiger charge is 2.04. The van der Waals surface area contributed by atoms with E-state index in [4.69, 9.17) is 0 Å². The molecule has 0 bridgehead atoms. The van der Waals surface area contributed by atoms with Gasteiger partial charge in [0.2, 0.25) is 5.91 Å². The first-order chi connectivity index (χ1) is 10.7. The van der Waals surface area contributed by atoms with Crippen molar-refractivity contribution in [3.05, 3.63) is 59.7 Å². The molecule has 0 fully saturated rings. The van der Waals surface area contributed by atoms with Crippen molar-refractivity contribution in [3.8, 4) is 0 Å². The maximum atomic E-state index is 11.9. The zero-order valence-corrected chi connectivity index (χ0v) is 13.1. The highest BCUT2D eigenvalue weighted by atomic mass is 16.1. The lowest BCUT2D eigenvalue weighted by atomic mass is 10.1. The molecule has 1 heterocycles. The number of aromatic nitrogens is 3. The van der Waals surface area contributed by atoms with Gasteiger partial charge in [0.05, 0.1) is 6.54 Å². The molecular formula is C17H22N4O. The molecular weight excluding hydrogens is 276 g/mol. The molecule has 22 heavy (non-hydrogen) atoms. The number of carbonyl (C=O) groups excluding carboxylic acids is 1. The summed E-state index contributed by atoms with van der Waals surface area (Å²) in [5, 5.41) is 10.7. The smallest absolute Gasteiger partial charge is 0.244 e. The zero-order valence-electron chi connectivity index (χ0n) is 13.1. The second-order valence-corrected chi connectivity index (χ2v) is 5.23. The van der Waals surface area contributed by atoms with Crippen LogP contribution in [0.15, 0.2) is 48.3 Å². The summed E-state index contributed by atoms with van der Waals surface area (Å²) in [7, 11) is 0. The van der Waals surface area contributed by atoms with Crippen LogP contribution in [-0.2, 0) is 24.3 Å². The van der Waals surface area contributed by atoms with Crippen LogP contribution in [0.2, 0.25) is 0 Å². The molecule has 5 nitrogen and oxygen atoms in total. The number of amides is 1. The molecule has 1 aromatic heterocycles. The van der Waals surface area contributed by atoms with E-state index >= 15 is 0 Å². The van der Waals surface area contributed by atoms with E-state index in [2.05, 4.69) is 27.6 Å². The molecule has 5 heteroatoms. The molecule has 2 rings (SSSR count). The van der Waals surface area contributed by atoms with Crippen molar-refractivity contribution in [1.82, 2.24) is 20.1 Å². The molecule has 0 radical (unpaired) electrons. The predicted octanol–water partition coefficient (Wildman–Crippen LogP) is 2.49. The molecule has 0 atom stereocenters. The Labute approximate surface area is 131 Å². The fraction of sp³-hybridized carbons (Fsp3) is 0.353. The van der Waals surface area contributed by atoms with Crippen LogP contribution in [-0.4, -0.2) is 20.7 Å². The van der Waals surface area contributed by atoms with Gasteiger partial charge in [-0.1, -0.05) is 35.9 Å². The number of hydrogen-bond donors (Lipinski definition) is 1. The quantitative estimate of drug-likeness (QED) is 0.799. The maximum Gasteiger partial charge on any atom is 0.244 e. The van der Waals surface area contributed by atoms with E-state index in [1.807, 2.05) is 36.6 Å². The van der Waals surface area contributed by atoms with Crippen LogP contribution in [0.5, 0.6) is 0 Å². The van der Waals surface area contributed by atoms with Gasteiger partial charge in [-0.3, -0.25) is 4.79 Å². The molecule has 1 amide bonds. The van der Waals surface area contributed by atoms with Gasteiger partial charge in [0.1, 0.15) is 6.33 Å². The second-order valence-electron chi connectivity index (χ2n) is 5.23. The van der Waals surface area contributed by atoms with Crippen LogP contribution >= 0.6 is 0 Å². The number of nitrogens with one attached hydrogen (secondary N) is 1. The van der Waals surface area contributed by atoms with Gasteiger partial charge in [0.15, 0.2) is 5.82 Å². The minimum absolute atomic E-state index is 0.0868. The van der Waals surface area contributed by atoms with Gasteiger partial charge < -0.3 is 9.88 Å². The summed E-state index contributed by atoms with van der Waals surface area (Å²) in [6.45, 7) is 5.19. The third-order valence-corrected chi connectivity index (χ3v) is 3.49. The van der Waals surface area contributed by atoms with Crippen molar-refractivity contribution in [2.45, 2.75) is 39.8 Å². The SMILES string of the molecule is CCn1cnnc1CNC(=O)/C=C(/C)CCc1ccccc1. The first kappa shape index (κ1) is 15.9. The first-order valence-corrected chi connectivity index (χ1v) is 7.54. The topological polar surface area (TPSA) is 59.8 Å². The van der Waals surface area contributed by atoms with Crippen LogP contribution in [0.3, 0.4) is 0 Å². The monoisotopic (exact) mass is 298 g/mol. The Morgan fingerprint density at radius 3 is 2.82 bits per heavy atom. The minimum atomic E-state index is -0.0868. The largest absolute Gasteiger partial charge is 0.345 e. The Morgan fingerprint density at radius 1 is 1.32 bits per heavy atom. The van der Waals surface area contributed by atoms with E-state index in [1.54, 1.807) is 12.4 Å². The summed E-state index contributed by atoms with van der Waals surface area (Å²) in [6.07, 6.45) is 5.15. The van der Waals surface area contributed by atoms with Crippen LogP contribution in [0.4, 0.5) is 0 Å². The second kappa shape index (κ2) is 8.12. The number of hydrogen-bond acceptors (Lipinski definition) is 3. The number of carbonyl (C=O) groups is 1. The van der Waals surface area contributed by atoms with Gasteiger partial charge in [-0.05, 0) is 32.3 Å². The van der Waals surface area contributed by atoms with E-state index in [9.17, 15) is 4.79 Å². The summed E-state index contributed by atoms with van der Waals surface area (Å²) in [5.74, 6) is 0.683. The van der Waals surface area contributed by atoms with Gasteiger partial charge in [-0.2, -0.15) is 0 Å². The fourth-order valence-electron chi connectivity index (χ4n) is 2.18. The zero-order chi connectivity index (χ0) is 15.8. The van der Waals surface area contributed by atoms with E-state index in [1.165, 1.54) is 5.56 Å². The summed E-state index contributed by atoms with van der Waals surface area (Å²) < 4.78 is 1.91. The molecule has 0 saturated heterocycles. The summed E-state index contributed by atoms with van der Waals surface area (Å²) >= 11 is 0. The predicted molar refractivity (Wildman–Crippen MR) is 86.1 cm³/mol. The summed E-state index contributed by atoms with van der Waals surface area (Å²) in [5.41, 5.74) is 2.35. The first-order valence-electron chi connectivity index (χ1n) is 7.54. The highest BCUT2D eigenvalue weighted by Crippen LogP contribution is 2.08. The Balaban J connectivity index is 1.79. The van der Waals surface area contributed by atoms with Crippen molar-refractivity contribution < 1.29 is 4.79 Å². The Hall–Kier alpha value is -2.43. The molecule has 0 aliphatic rings. The Bertz CT molecular complexity index is 631. The Morgan fingerprint density at radius 2 is 2.09 bits per heavy atom. The maximum absolute atomic E-state index is 11.9. The molecule has 2 aromatic rings. The summed E-state index contributed by atoms with van der Waals surface area (Å²) in [4.78, 5) is 11.9. The van der Waals surface area contributed by atoms with E-state index < -0.39 is 0 Å².